The molecule has 2 amide bonds. The van der Waals surface area contributed by atoms with E-state index >= 15 is 0 Å². The SMILES string of the molecule is CCC(CNC(=O)C1C(C(=O)O)C(CC(=O)NC)C1C(=O)O)C(C)CC1CCC1. The minimum atomic E-state index is -1.23. The highest BCUT2D eigenvalue weighted by Gasteiger charge is 2.61. The fourth-order valence-corrected chi connectivity index (χ4v) is 4.95. The fourth-order valence-electron chi connectivity index (χ4n) is 4.95. The lowest BCUT2D eigenvalue weighted by molar-refractivity contribution is -0.178. The fraction of sp³-hybridized carbons (Fsp3) is 0.810. The number of carbonyl (C=O) groups is 4. The third kappa shape index (κ3) is 5.28. The average molecular weight is 411 g/mol. The Labute approximate surface area is 171 Å². The standard InChI is InChI=1S/C21H34N2O6/c1-4-13(11(2)8-12-6-5-7-12)10-23-19(25)18-16(20(26)27)14(9-15(24)22-3)17(18)21(28)29/h11-14,16-18H,4-10H2,1-3H3,(H,22,24)(H,23,25)(H,26,27)(H,28,29). The second-order valence-electron chi connectivity index (χ2n) is 8.72. The molecule has 0 aromatic rings. The van der Waals surface area contributed by atoms with Gasteiger partial charge in [0.1, 0.15) is 0 Å². The van der Waals surface area contributed by atoms with Crippen LogP contribution in [-0.4, -0.2) is 47.6 Å². The van der Waals surface area contributed by atoms with Gasteiger partial charge in [0, 0.05) is 20.0 Å². The number of nitrogens with one attached hydrogen (secondary N) is 2. The van der Waals surface area contributed by atoms with Crippen LogP contribution < -0.4 is 10.6 Å². The average Bonchev–Trinajstić information content (AvgIpc) is 2.60. The van der Waals surface area contributed by atoms with E-state index in [1.54, 1.807) is 0 Å². The lowest BCUT2D eigenvalue weighted by Crippen LogP contribution is -2.60. The Bertz CT molecular complexity index is 611. The third-order valence-electron chi connectivity index (χ3n) is 7.07. The molecule has 4 unspecified atom stereocenters. The molecule has 0 spiro atoms. The number of hydrogen-bond donors (Lipinski definition) is 4. The van der Waals surface area contributed by atoms with Crippen molar-refractivity contribution in [2.75, 3.05) is 13.6 Å². The van der Waals surface area contributed by atoms with Crippen molar-refractivity contribution >= 4 is 23.8 Å². The molecule has 8 nitrogen and oxygen atoms in total. The molecule has 2 rings (SSSR count). The van der Waals surface area contributed by atoms with E-state index in [2.05, 4.69) is 24.5 Å². The maximum atomic E-state index is 12.8. The molecule has 0 aromatic carbocycles. The Balaban J connectivity index is 2.01. The molecule has 4 N–H and O–H groups in total. The van der Waals surface area contributed by atoms with Gasteiger partial charge in [-0.05, 0) is 30.1 Å². The first kappa shape index (κ1) is 23.2. The topological polar surface area (TPSA) is 133 Å². The van der Waals surface area contributed by atoms with Crippen molar-refractivity contribution in [2.24, 2.45) is 41.4 Å². The quantitative estimate of drug-likeness (QED) is 0.410. The molecular weight excluding hydrogens is 376 g/mol. The minimum absolute atomic E-state index is 0.218. The first-order valence-corrected chi connectivity index (χ1v) is 10.6. The zero-order valence-corrected chi connectivity index (χ0v) is 17.5. The molecule has 0 aromatic heterocycles. The summed E-state index contributed by atoms with van der Waals surface area (Å²) in [6, 6.07) is 0. The summed E-state index contributed by atoms with van der Waals surface area (Å²) in [5.74, 6) is -6.33. The maximum absolute atomic E-state index is 12.8. The van der Waals surface area contributed by atoms with Gasteiger partial charge in [0.05, 0.1) is 17.8 Å². The molecule has 0 saturated heterocycles. The smallest absolute Gasteiger partial charge is 0.307 e. The summed E-state index contributed by atoms with van der Waals surface area (Å²) >= 11 is 0. The largest absolute Gasteiger partial charge is 0.481 e. The van der Waals surface area contributed by atoms with Gasteiger partial charge in [-0.2, -0.15) is 0 Å². The van der Waals surface area contributed by atoms with Crippen molar-refractivity contribution in [2.45, 2.75) is 52.4 Å². The molecule has 2 fully saturated rings. The van der Waals surface area contributed by atoms with Crippen LogP contribution in [-0.2, 0) is 19.2 Å². The minimum Gasteiger partial charge on any atom is -0.481 e. The van der Waals surface area contributed by atoms with Gasteiger partial charge >= 0.3 is 11.9 Å². The summed E-state index contributed by atoms with van der Waals surface area (Å²) in [6.07, 6.45) is 5.62. The van der Waals surface area contributed by atoms with Crippen LogP contribution in [0.1, 0.15) is 52.4 Å². The molecule has 29 heavy (non-hydrogen) atoms. The Kier molecular flexibility index (Phi) is 8.05. The molecule has 2 aliphatic rings. The van der Waals surface area contributed by atoms with E-state index < -0.39 is 47.4 Å². The lowest BCUT2D eigenvalue weighted by atomic mass is 9.55. The van der Waals surface area contributed by atoms with Crippen LogP contribution in [0.5, 0.6) is 0 Å². The van der Waals surface area contributed by atoms with E-state index in [1.165, 1.54) is 26.3 Å². The summed E-state index contributed by atoms with van der Waals surface area (Å²) in [7, 11) is 1.41. The predicted octanol–water partition coefficient (Wildman–Crippen LogP) is 1.74. The maximum Gasteiger partial charge on any atom is 0.307 e. The van der Waals surface area contributed by atoms with E-state index in [4.69, 9.17) is 0 Å². The van der Waals surface area contributed by atoms with Crippen LogP contribution in [0, 0.1) is 41.4 Å². The second kappa shape index (κ2) is 10.1. The highest BCUT2D eigenvalue weighted by atomic mass is 16.4. The zero-order valence-electron chi connectivity index (χ0n) is 17.5. The Morgan fingerprint density at radius 3 is 2.03 bits per heavy atom. The van der Waals surface area contributed by atoms with Crippen molar-refractivity contribution in [1.29, 1.82) is 0 Å². The molecule has 0 aliphatic heterocycles. The normalized spacial score (nSPS) is 28.4. The highest BCUT2D eigenvalue weighted by Crippen LogP contribution is 2.48. The molecular formula is C21H34N2O6. The van der Waals surface area contributed by atoms with Gasteiger partial charge in [0.25, 0.3) is 0 Å². The first-order valence-electron chi connectivity index (χ1n) is 10.6. The molecule has 0 radical (unpaired) electrons. The van der Waals surface area contributed by atoms with Crippen molar-refractivity contribution in [1.82, 2.24) is 10.6 Å². The third-order valence-corrected chi connectivity index (χ3v) is 7.07. The Morgan fingerprint density at radius 1 is 1.03 bits per heavy atom. The molecule has 0 bridgehead atoms. The number of carbonyl (C=O) groups excluding carboxylic acids is 2. The summed E-state index contributed by atoms with van der Waals surface area (Å²) < 4.78 is 0. The number of carboxylic acids is 2. The summed E-state index contributed by atoms with van der Waals surface area (Å²) in [6.45, 7) is 4.66. The first-order chi connectivity index (χ1) is 13.7. The predicted molar refractivity (Wildman–Crippen MR) is 106 cm³/mol. The number of carboxylic acid groups (broad SMARTS) is 2. The van der Waals surface area contributed by atoms with Gasteiger partial charge in [-0.25, -0.2) is 0 Å². The van der Waals surface area contributed by atoms with Gasteiger partial charge in [-0.1, -0.05) is 39.5 Å². The van der Waals surface area contributed by atoms with Crippen molar-refractivity contribution in [3.63, 3.8) is 0 Å². The molecule has 2 aliphatic carbocycles. The monoisotopic (exact) mass is 410 g/mol. The van der Waals surface area contributed by atoms with Crippen molar-refractivity contribution in [3.05, 3.63) is 0 Å². The number of amides is 2. The van der Waals surface area contributed by atoms with Crippen LogP contribution in [0.15, 0.2) is 0 Å². The van der Waals surface area contributed by atoms with Crippen LogP contribution in [0.2, 0.25) is 0 Å². The Morgan fingerprint density at radius 2 is 1.62 bits per heavy atom. The number of hydrogen-bond acceptors (Lipinski definition) is 4. The summed E-state index contributed by atoms with van der Waals surface area (Å²) in [4.78, 5) is 47.8. The van der Waals surface area contributed by atoms with Crippen LogP contribution in [0.25, 0.3) is 0 Å². The molecule has 8 heteroatoms. The number of rotatable bonds is 11. The van der Waals surface area contributed by atoms with E-state index in [0.717, 1.165) is 18.8 Å². The molecule has 164 valence electrons. The van der Waals surface area contributed by atoms with Gasteiger partial charge < -0.3 is 20.8 Å². The second-order valence-corrected chi connectivity index (χ2v) is 8.72. The lowest BCUT2D eigenvalue weighted by Gasteiger charge is -2.46. The molecule has 4 atom stereocenters. The van der Waals surface area contributed by atoms with Crippen molar-refractivity contribution in [3.8, 4) is 0 Å². The van der Waals surface area contributed by atoms with Crippen LogP contribution >= 0.6 is 0 Å². The zero-order chi connectivity index (χ0) is 21.7. The summed E-state index contributed by atoms with van der Waals surface area (Å²) in [5.41, 5.74) is 0. The van der Waals surface area contributed by atoms with Gasteiger partial charge in [-0.3, -0.25) is 19.2 Å². The summed E-state index contributed by atoms with van der Waals surface area (Å²) in [5, 5.41) is 24.3. The highest BCUT2D eigenvalue weighted by molar-refractivity contribution is 5.93. The van der Waals surface area contributed by atoms with Crippen LogP contribution in [0.4, 0.5) is 0 Å². The van der Waals surface area contributed by atoms with Gasteiger partial charge in [0.2, 0.25) is 11.8 Å². The van der Waals surface area contributed by atoms with E-state index in [0.29, 0.717) is 12.5 Å². The van der Waals surface area contributed by atoms with E-state index in [9.17, 15) is 29.4 Å². The Hall–Kier alpha value is -2.12. The van der Waals surface area contributed by atoms with Crippen LogP contribution in [0.3, 0.4) is 0 Å². The van der Waals surface area contributed by atoms with E-state index in [-0.39, 0.29) is 12.3 Å². The van der Waals surface area contributed by atoms with Crippen molar-refractivity contribution < 1.29 is 29.4 Å². The van der Waals surface area contributed by atoms with E-state index in [1.807, 2.05) is 0 Å². The number of aliphatic carboxylic acids is 2. The van der Waals surface area contributed by atoms with Gasteiger partial charge in [0.15, 0.2) is 0 Å². The van der Waals surface area contributed by atoms with Gasteiger partial charge in [-0.15, -0.1) is 0 Å². The molecule has 2 saturated carbocycles. The molecule has 0 heterocycles.